The van der Waals surface area contributed by atoms with Gasteiger partial charge in [0.25, 0.3) is 0 Å². The lowest BCUT2D eigenvalue weighted by Crippen LogP contribution is -2.24. The van der Waals surface area contributed by atoms with Crippen molar-refractivity contribution in [3.05, 3.63) is 41.6 Å². The maximum absolute atomic E-state index is 6.02. The number of fused-ring (bicyclic) bond motifs is 1. The maximum atomic E-state index is 6.02. The molecule has 4 nitrogen and oxygen atoms in total. The summed E-state index contributed by atoms with van der Waals surface area (Å²) in [4.78, 5) is 2.28. The van der Waals surface area contributed by atoms with Crippen molar-refractivity contribution in [2.75, 3.05) is 17.2 Å². The van der Waals surface area contributed by atoms with Crippen molar-refractivity contribution in [2.45, 2.75) is 19.4 Å². The Kier molecular flexibility index (Phi) is 2.70. The van der Waals surface area contributed by atoms with Crippen LogP contribution in [0.25, 0.3) is 0 Å². The molecule has 1 aliphatic rings. The Labute approximate surface area is 107 Å². The van der Waals surface area contributed by atoms with Gasteiger partial charge < -0.3 is 10.6 Å². The highest BCUT2D eigenvalue weighted by Crippen LogP contribution is 2.26. The van der Waals surface area contributed by atoms with Gasteiger partial charge in [0.05, 0.1) is 5.69 Å². The molecule has 2 N–H and O–H groups in total. The van der Waals surface area contributed by atoms with E-state index in [0.717, 1.165) is 37.4 Å². The molecular formula is C14H18N4. The molecule has 0 radical (unpaired) electrons. The SMILES string of the molecule is Cn1cc(N)c(N2CCCc3ccccc3C2)n1. The lowest BCUT2D eigenvalue weighted by atomic mass is 10.0. The highest BCUT2D eigenvalue weighted by Gasteiger charge is 2.18. The van der Waals surface area contributed by atoms with E-state index >= 15 is 0 Å². The predicted molar refractivity (Wildman–Crippen MR) is 73.4 cm³/mol. The van der Waals surface area contributed by atoms with Crippen LogP contribution in [0.3, 0.4) is 0 Å². The summed E-state index contributed by atoms with van der Waals surface area (Å²) in [6.45, 7) is 1.91. The molecule has 0 bridgehead atoms. The highest BCUT2D eigenvalue weighted by atomic mass is 15.3. The average Bonchev–Trinajstić information content (AvgIpc) is 2.59. The molecule has 2 heterocycles. The zero-order valence-corrected chi connectivity index (χ0v) is 10.6. The minimum Gasteiger partial charge on any atom is -0.394 e. The van der Waals surface area contributed by atoms with Crippen molar-refractivity contribution < 1.29 is 0 Å². The number of nitrogen functional groups attached to an aromatic ring is 1. The normalized spacial score (nSPS) is 15.3. The molecule has 0 fully saturated rings. The summed E-state index contributed by atoms with van der Waals surface area (Å²) in [5, 5.41) is 4.47. The smallest absolute Gasteiger partial charge is 0.174 e. The quantitative estimate of drug-likeness (QED) is 0.831. The van der Waals surface area contributed by atoms with Crippen LogP contribution in [0, 0.1) is 0 Å². The number of aromatic nitrogens is 2. The summed E-state index contributed by atoms with van der Waals surface area (Å²) in [6.07, 6.45) is 4.15. The number of benzene rings is 1. The van der Waals surface area contributed by atoms with Crippen LogP contribution < -0.4 is 10.6 Å². The summed E-state index contributed by atoms with van der Waals surface area (Å²) in [5.74, 6) is 0.911. The molecule has 18 heavy (non-hydrogen) atoms. The van der Waals surface area contributed by atoms with Crippen LogP contribution in [0.5, 0.6) is 0 Å². The van der Waals surface area contributed by atoms with E-state index in [4.69, 9.17) is 5.73 Å². The second kappa shape index (κ2) is 4.37. The topological polar surface area (TPSA) is 47.1 Å². The first kappa shape index (κ1) is 11.1. The molecule has 2 aromatic rings. The van der Waals surface area contributed by atoms with E-state index in [1.165, 1.54) is 11.1 Å². The Bertz CT molecular complexity index is 559. The van der Waals surface area contributed by atoms with Gasteiger partial charge in [0.1, 0.15) is 0 Å². The fourth-order valence-electron chi connectivity index (χ4n) is 2.62. The first-order valence-electron chi connectivity index (χ1n) is 6.35. The third-order valence-corrected chi connectivity index (χ3v) is 3.49. The lowest BCUT2D eigenvalue weighted by molar-refractivity contribution is 0.716. The van der Waals surface area contributed by atoms with Gasteiger partial charge in [0.2, 0.25) is 0 Å². The number of rotatable bonds is 1. The van der Waals surface area contributed by atoms with Crippen LogP contribution in [0.15, 0.2) is 30.5 Å². The number of hydrogen-bond acceptors (Lipinski definition) is 3. The standard InChI is InChI=1S/C14H18N4/c1-17-10-13(15)14(16-17)18-8-4-7-11-5-2-3-6-12(11)9-18/h2-3,5-6,10H,4,7-9,15H2,1H3. The van der Waals surface area contributed by atoms with E-state index in [9.17, 15) is 0 Å². The summed E-state index contributed by atoms with van der Waals surface area (Å²) < 4.78 is 1.78. The average molecular weight is 242 g/mol. The Morgan fingerprint density at radius 1 is 1.22 bits per heavy atom. The van der Waals surface area contributed by atoms with Crippen molar-refractivity contribution in [3.63, 3.8) is 0 Å². The monoisotopic (exact) mass is 242 g/mol. The molecule has 0 saturated heterocycles. The predicted octanol–water partition coefficient (Wildman–Crippen LogP) is 1.96. The molecule has 4 heteroatoms. The van der Waals surface area contributed by atoms with Crippen molar-refractivity contribution in [1.82, 2.24) is 9.78 Å². The van der Waals surface area contributed by atoms with Crippen molar-refractivity contribution in [3.8, 4) is 0 Å². The number of nitrogens with zero attached hydrogens (tertiary/aromatic N) is 3. The van der Waals surface area contributed by atoms with E-state index in [1.807, 2.05) is 13.2 Å². The Morgan fingerprint density at radius 2 is 2.00 bits per heavy atom. The highest BCUT2D eigenvalue weighted by molar-refractivity contribution is 5.62. The second-order valence-electron chi connectivity index (χ2n) is 4.88. The largest absolute Gasteiger partial charge is 0.394 e. The molecule has 0 saturated carbocycles. The summed E-state index contributed by atoms with van der Waals surface area (Å²) in [7, 11) is 1.91. The summed E-state index contributed by atoms with van der Waals surface area (Å²) in [5.41, 5.74) is 9.62. The molecule has 1 aromatic carbocycles. The van der Waals surface area contributed by atoms with E-state index in [0.29, 0.717) is 0 Å². The second-order valence-corrected chi connectivity index (χ2v) is 4.88. The number of hydrogen-bond donors (Lipinski definition) is 1. The summed E-state index contributed by atoms with van der Waals surface area (Å²) >= 11 is 0. The van der Waals surface area contributed by atoms with Gasteiger partial charge >= 0.3 is 0 Å². The van der Waals surface area contributed by atoms with Gasteiger partial charge in [-0.15, -0.1) is 0 Å². The maximum Gasteiger partial charge on any atom is 0.174 e. The Balaban J connectivity index is 1.94. The van der Waals surface area contributed by atoms with Gasteiger partial charge in [-0.25, -0.2) is 0 Å². The number of aryl methyl sites for hydroxylation is 2. The molecule has 0 atom stereocenters. The van der Waals surface area contributed by atoms with Crippen LogP contribution in [0.1, 0.15) is 17.5 Å². The fourth-order valence-corrected chi connectivity index (χ4v) is 2.62. The zero-order valence-electron chi connectivity index (χ0n) is 10.6. The third kappa shape index (κ3) is 1.94. The molecule has 94 valence electrons. The molecule has 0 aliphatic carbocycles. The van der Waals surface area contributed by atoms with Crippen molar-refractivity contribution in [1.29, 1.82) is 0 Å². The molecule has 0 amide bonds. The van der Waals surface area contributed by atoms with Crippen LogP contribution in [0.4, 0.5) is 11.5 Å². The van der Waals surface area contributed by atoms with Crippen LogP contribution in [-0.4, -0.2) is 16.3 Å². The number of nitrogens with two attached hydrogens (primary N) is 1. The van der Waals surface area contributed by atoms with Gasteiger partial charge in [0.15, 0.2) is 5.82 Å². The minimum atomic E-state index is 0.761. The Morgan fingerprint density at radius 3 is 2.72 bits per heavy atom. The third-order valence-electron chi connectivity index (χ3n) is 3.49. The first-order chi connectivity index (χ1) is 8.74. The van der Waals surface area contributed by atoms with Crippen molar-refractivity contribution in [2.24, 2.45) is 7.05 Å². The van der Waals surface area contributed by atoms with Gasteiger partial charge in [0, 0.05) is 26.3 Å². The van der Waals surface area contributed by atoms with E-state index < -0.39 is 0 Å². The van der Waals surface area contributed by atoms with E-state index in [-0.39, 0.29) is 0 Å². The number of anilines is 2. The van der Waals surface area contributed by atoms with Crippen LogP contribution >= 0.6 is 0 Å². The van der Waals surface area contributed by atoms with Gasteiger partial charge in [-0.3, -0.25) is 4.68 Å². The molecule has 3 rings (SSSR count). The molecular weight excluding hydrogens is 224 g/mol. The van der Waals surface area contributed by atoms with Crippen molar-refractivity contribution >= 4 is 11.5 Å². The zero-order chi connectivity index (χ0) is 12.5. The van der Waals surface area contributed by atoms with Gasteiger partial charge in [-0.1, -0.05) is 24.3 Å². The fraction of sp³-hybridized carbons (Fsp3) is 0.357. The van der Waals surface area contributed by atoms with E-state index in [1.54, 1.807) is 4.68 Å². The molecule has 0 spiro atoms. The Hall–Kier alpha value is -1.97. The van der Waals surface area contributed by atoms with Gasteiger partial charge in [-0.05, 0) is 24.0 Å². The van der Waals surface area contributed by atoms with Gasteiger partial charge in [-0.2, -0.15) is 5.10 Å². The summed E-state index contributed by atoms with van der Waals surface area (Å²) in [6, 6.07) is 8.64. The molecule has 0 unspecified atom stereocenters. The molecule has 1 aliphatic heterocycles. The first-order valence-corrected chi connectivity index (χ1v) is 6.35. The minimum absolute atomic E-state index is 0.761. The van der Waals surface area contributed by atoms with E-state index in [2.05, 4.69) is 34.3 Å². The van der Waals surface area contributed by atoms with Crippen LogP contribution in [0.2, 0.25) is 0 Å². The lowest BCUT2D eigenvalue weighted by Gasteiger charge is -2.20. The van der Waals surface area contributed by atoms with Crippen LogP contribution in [-0.2, 0) is 20.0 Å². The molecule has 1 aromatic heterocycles.